The molecule has 1 aliphatic carbocycles. The zero-order valence-corrected chi connectivity index (χ0v) is 17.6. The average molecular weight is 387 g/mol. The van der Waals surface area contributed by atoms with Crippen LogP contribution in [-0.4, -0.2) is 43.9 Å². The molecular weight excluding hydrogens is 356 g/mol. The zero-order valence-electron chi connectivity index (χ0n) is 16.8. The summed E-state index contributed by atoms with van der Waals surface area (Å²) in [6, 6.07) is 8.55. The maximum absolute atomic E-state index is 13.3. The Bertz CT molecular complexity index is 767. The molecular formula is C21H30N4OS. The van der Waals surface area contributed by atoms with E-state index in [4.69, 9.17) is 0 Å². The summed E-state index contributed by atoms with van der Waals surface area (Å²) in [5.41, 5.74) is 2.21. The van der Waals surface area contributed by atoms with Gasteiger partial charge in [-0.05, 0) is 37.3 Å². The third kappa shape index (κ3) is 4.54. The predicted molar refractivity (Wildman–Crippen MR) is 110 cm³/mol. The molecule has 0 aliphatic heterocycles. The van der Waals surface area contributed by atoms with Crippen LogP contribution in [0.25, 0.3) is 5.69 Å². The van der Waals surface area contributed by atoms with Gasteiger partial charge in [0.1, 0.15) is 6.33 Å². The number of rotatable bonds is 6. The summed E-state index contributed by atoms with van der Waals surface area (Å²) in [6.07, 6.45) is 7.72. The van der Waals surface area contributed by atoms with E-state index in [1.165, 1.54) is 31.0 Å². The number of hydrogen-bond donors (Lipinski definition) is 0. The molecule has 0 bridgehead atoms. The normalized spacial score (nSPS) is 16.5. The van der Waals surface area contributed by atoms with Crippen LogP contribution in [0.1, 0.15) is 51.5 Å². The Morgan fingerprint density at radius 1 is 1.22 bits per heavy atom. The number of aryl methyl sites for hydroxylation is 1. The zero-order chi connectivity index (χ0) is 19.4. The number of thioether (sulfide) groups is 1. The number of carbonyl (C=O) groups excluding carboxylic acids is 1. The number of nitrogens with zero attached hydrogens (tertiary/aromatic N) is 4. The minimum atomic E-state index is -0.163. The van der Waals surface area contributed by atoms with Crippen molar-refractivity contribution in [2.45, 2.75) is 69.3 Å². The molecule has 1 heterocycles. The largest absolute Gasteiger partial charge is 0.342 e. The molecule has 5 nitrogen and oxygen atoms in total. The second-order valence-corrected chi connectivity index (χ2v) is 8.90. The molecule has 0 spiro atoms. The van der Waals surface area contributed by atoms with Gasteiger partial charge >= 0.3 is 0 Å². The molecule has 0 saturated heterocycles. The highest BCUT2D eigenvalue weighted by molar-refractivity contribution is 8.00. The van der Waals surface area contributed by atoms with Crippen molar-refractivity contribution in [2.75, 3.05) is 7.05 Å². The van der Waals surface area contributed by atoms with E-state index in [0.717, 1.165) is 29.2 Å². The standard InChI is InChI=1S/C21H30N4OS/c1-15(2)19(20(26)24(4)17-11-6-5-7-12-17)27-21-23-22-14-25(21)18-13-9-8-10-16(18)3/h8-10,13-15,17,19H,5-7,11-12H2,1-4H3/t19-/m1/s1. The molecule has 0 unspecified atom stereocenters. The molecule has 1 aromatic heterocycles. The van der Waals surface area contributed by atoms with E-state index < -0.39 is 0 Å². The Hall–Kier alpha value is -1.82. The topological polar surface area (TPSA) is 51.0 Å². The van der Waals surface area contributed by atoms with Gasteiger partial charge in [-0.3, -0.25) is 9.36 Å². The van der Waals surface area contributed by atoms with E-state index in [1.807, 2.05) is 28.6 Å². The molecule has 1 amide bonds. The van der Waals surface area contributed by atoms with E-state index in [2.05, 4.69) is 43.1 Å². The third-order valence-corrected chi connectivity index (χ3v) is 6.93. The van der Waals surface area contributed by atoms with Crippen molar-refractivity contribution in [3.8, 4) is 5.69 Å². The van der Waals surface area contributed by atoms with E-state index in [-0.39, 0.29) is 17.1 Å². The molecule has 3 rings (SSSR count). The van der Waals surface area contributed by atoms with Crippen molar-refractivity contribution in [3.63, 3.8) is 0 Å². The van der Waals surface area contributed by atoms with Gasteiger partial charge in [-0.1, -0.05) is 63.1 Å². The van der Waals surface area contributed by atoms with Gasteiger partial charge in [0.25, 0.3) is 0 Å². The smallest absolute Gasteiger partial charge is 0.236 e. The summed E-state index contributed by atoms with van der Waals surface area (Å²) in [4.78, 5) is 15.3. The maximum atomic E-state index is 13.3. The lowest BCUT2D eigenvalue weighted by molar-refractivity contribution is -0.132. The third-order valence-electron chi connectivity index (χ3n) is 5.44. The number of benzene rings is 1. The molecule has 1 aromatic carbocycles. The summed E-state index contributed by atoms with van der Waals surface area (Å²) in [7, 11) is 1.97. The van der Waals surface area contributed by atoms with Gasteiger partial charge < -0.3 is 4.90 Å². The fraction of sp³-hybridized carbons (Fsp3) is 0.571. The van der Waals surface area contributed by atoms with Gasteiger partial charge in [0.2, 0.25) is 5.91 Å². The molecule has 1 saturated carbocycles. The lowest BCUT2D eigenvalue weighted by Gasteiger charge is -2.34. The number of carbonyl (C=O) groups is 1. The second kappa shape index (κ2) is 8.91. The van der Waals surface area contributed by atoms with E-state index in [1.54, 1.807) is 6.33 Å². The monoisotopic (exact) mass is 386 g/mol. The van der Waals surface area contributed by atoms with Gasteiger partial charge in [0.15, 0.2) is 5.16 Å². The summed E-state index contributed by atoms with van der Waals surface area (Å²) >= 11 is 1.53. The molecule has 146 valence electrons. The first-order chi connectivity index (χ1) is 13.0. The van der Waals surface area contributed by atoms with Crippen LogP contribution in [0.15, 0.2) is 35.7 Å². The highest BCUT2D eigenvalue weighted by atomic mass is 32.2. The Labute approximate surface area is 166 Å². The summed E-state index contributed by atoms with van der Waals surface area (Å²) in [5, 5.41) is 9.04. The maximum Gasteiger partial charge on any atom is 0.236 e. The number of amides is 1. The summed E-state index contributed by atoms with van der Waals surface area (Å²) < 4.78 is 1.99. The first-order valence-electron chi connectivity index (χ1n) is 9.88. The molecule has 0 radical (unpaired) electrons. The van der Waals surface area contributed by atoms with Gasteiger partial charge in [0.05, 0.1) is 10.9 Å². The Morgan fingerprint density at radius 3 is 2.59 bits per heavy atom. The minimum absolute atomic E-state index is 0.163. The Balaban J connectivity index is 1.80. The van der Waals surface area contributed by atoms with Crippen molar-refractivity contribution >= 4 is 17.7 Å². The predicted octanol–water partition coefficient (Wildman–Crippen LogP) is 4.48. The van der Waals surface area contributed by atoms with Gasteiger partial charge in [-0.25, -0.2) is 0 Å². The molecule has 27 heavy (non-hydrogen) atoms. The van der Waals surface area contributed by atoms with Crippen molar-refractivity contribution in [2.24, 2.45) is 5.92 Å². The van der Waals surface area contributed by atoms with Crippen molar-refractivity contribution in [1.29, 1.82) is 0 Å². The number of para-hydroxylation sites is 1. The highest BCUT2D eigenvalue weighted by Gasteiger charge is 2.32. The van der Waals surface area contributed by atoms with Crippen LogP contribution in [0.4, 0.5) is 0 Å². The van der Waals surface area contributed by atoms with Crippen LogP contribution in [-0.2, 0) is 4.79 Å². The summed E-state index contributed by atoms with van der Waals surface area (Å²) in [6.45, 7) is 6.29. The lowest BCUT2D eigenvalue weighted by Crippen LogP contribution is -2.44. The second-order valence-electron chi connectivity index (χ2n) is 7.79. The van der Waals surface area contributed by atoms with Crippen molar-refractivity contribution < 1.29 is 4.79 Å². The highest BCUT2D eigenvalue weighted by Crippen LogP contribution is 2.32. The summed E-state index contributed by atoms with van der Waals surface area (Å²) in [5.74, 6) is 0.428. The van der Waals surface area contributed by atoms with Crippen molar-refractivity contribution in [3.05, 3.63) is 36.2 Å². The van der Waals surface area contributed by atoms with E-state index >= 15 is 0 Å². The van der Waals surface area contributed by atoms with E-state index in [9.17, 15) is 4.79 Å². The molecule has 0 N–H and O–H groups in total. The Kier molecular flexibility index (Phi) is 6.58. The molecule has 6 heteroatoms. The number of aromatic nitrogens is 3. The lowest BCUT2D eigenvalue weighted by atomic mass is 9.94. The average Bonchev–Trinajstić information content (AvgIpc) is 3.14. The van der Waals surface area contributed by atoms with Crippen molar-refractivity contribution in [1.82, 2.24) is 19.7 Å². The molecule has 1 atom stereocenters. The molecule has 2 aromatic rings. The van der Waals surface area contributed by atoms with Gasteiger partial charge in [-0.2, -0.15) is 0 Å². The minimum Gasteiger partial charge on any atom is -0.342 e. The number of hydrogen-bond acceptors (Lipinski definition) is 4. The fourth-order valence-electron chi connectivity index (χ4n) is 3.74. The van der Waals surface area contributed by atoms with Crippen LogP contribution in [0.2, 0.25) is 0 Å². The SMILES string of the molecule is Cc1ccccc1-n1cnnc1S[C@@H](C(=O)N(C)C1CCCCC1)C(C)C. The first kappa shape index (κ1) is 19.9. The van der Waals surface area contributed by atoms with Crippen LogP contribution in [0.5, 0.6) is 0 Å². The fourth-order valence-corrected chi connectivity index (χ4v) is 4.86. The van der Waals surface area contributed by atoms with Crippen LogP contribution < -0.4 is 0 Å². The van der Waals surface area contributed by atoms with Crippen LogP contribution in [0, 0.1) is 12.8 Å². The Morgan fingerprint density at radius 2 is 1.93 bits per heavy atom. The van der Waals surface area contributed by atoms with Gasteiger partial charge in [-0.15, -0.1) is 10.2 Å². The van der Waals surface area contributed by atoms with E-state index in [0.29, 0.717) is 6.04 Å². The molecule has 1 fully saturated rings. The van der Waals surface area contributed by atoms with Crippen LogP contribution >= 0.6 is 11.8 Å². The molecule has 1 aliphatic rings. The van der Waals surface area contributed by atoms with Gasteiger partial charge in [0, 0.05) is 13.1 Å². The quantitative estimate of drug-likeness (QED) is 0.687. The first-order valence-corrected chi connectivity index (χ1v) is 10.8. The van der Waals surface area contributed by atoms with Crippen LogP contribution in [0.3, 0.4) is 0 Å².